The second-order valence-electron chi connectivity index (χ2n) is 34.3. The van der Waals surface area contributed by atoms with Crippen LogP contribution in [0.4, 0.5) is 102 Å². The number of benzene rings is 16. The largest absolute Gasteiger partial charge is 0.311 e. The van der Waals surface area contributed by atoms with Crippen LogP contribution in [0, 0.1) is 83.1 Å². The fraction of sp³-hybridized carbons (Fsp3) is 0.111. The van der Waals surface area contributed by atoms with Crippen molar-refractivity contribution in [3.63, 3.8) is 0 Å². The Morgan fingerprint density at radius 1 is 0.137 bits per heavy atom. The van der Waals surface area contributed by atoms with E-state index in [0.717, 1.165) is 67.5 Å². The highest BCUT2D eigenvalue weighted by Crippen LogP contribution is 2.51. The molecule has 6 heterocycles. The van der Waals surface area contributed by atoms with Crippen molar-refractivity contribution in [2.24, 2.45) is 0 Å². The molecule has 0 aliphatic carbocycles. The number of hydrogen-bond acceptors (Lipinski definition) is 6. The number of fused-ring (bicyclic) bond motifs is 12. The van der Waals surface area contributed by atoms with E-state index in [-0.39, 0.29) is 20.1 Å². The summed E-state index contributed by atoms with van der Waals surface area (Å²) in [5.74, 6) is 0. The molecular weight excluding hydrogens is 1410 g/mol. The van der Waals surface area contributed by atoms with E-state index in [1.165, 1.54) is 184 Å². The summed E-state index contributed by atoms with van der Waals surface area (Å²) in [6.45, 7) is 26.4. The van der Waals surface area contributed by atoms with Crippen molar-refractivity contribution in [3.8, 4) is 33.4 Å². The minimum atomic E-state index is -0.0956. The van der Waals surface area contributed by atoms with Crippen molar-refractivity contribution in [2.45, 2.75) is 83.1 Å². The number of rotatable bonds is 9. The molecule has 22 rings (SSSR count). The average molecular weight is 1500 g/mol. The zero-order valence-electron chi connectivity index (χ0n) is 68.4. The second kappa shape index (κ2) is 26.5. The molecule has 0 atom stereocenters. The Balaban J connectivity index is 0.799. The number of nitrogens with zero attached hydrogens (tertiary/aromatic N) is 6. The molecule has 0 spiro atoms. The normalized spacial score (nSPS) is 13.5. The van der Waals surface area contributed by atoms with Gasteiger partial charge in [0.05, 0.1) is 0 Å². The Hall–Kier alpha value is -13.5. The molecule has 6 aliphatic rings. The predicted octanol–water partition coefficient (Wildman–Crippen LogP) is 22.6. The zero-order chi connectivity index (χ0) is 79.2. The molecule has 0 amide bonds. The van der Waals surface area contributed by atoms with Gasteiger partial charge in [-0.05, 0) is 346 Å². The topological polar surface area (TPSA) is 19.4 Å². The van der Waals surface area contributed by atoms with E-state index in [9.17, 15) is 0 Å². The minimum Gasteiger partial charge on any atom is -0.311 e. The van der Waals surface area contributed by atoms with E-state index in [0.29, 0.717) is 0 Å². The first-order valence-electron chi connectivity index (χ1n) is 41.4. The van der Waals surface area contributed by atoms with Crippen molar-refractivity contribution in [1.29, 1.82) is 0 Å². The smallest absolute Gasteiger partial charge is 0.252 e. The molecule has 16 aromatic rings. The maximum Gasteiger partial charge on any atom is 0.252 e. The Morgan fingerprint density at radius 3 is 0.504 bits per heavy atom. The van der Waals surface area contributed by atoms with E-state index in [1.54, 1.807) is 0 Å². The van der Waals surface area contributed by atoms with Crippen LogP contribution >= 0.6 is 0 Å². The molecule has 0 aromatic heterocycles. The fourth-order valence-electron chi connectivity index (χ4n) is 20.3. The van der Waals surface area contributed by atoms with Gasteiger partial charge in [0.25, 0.3) is 20.1 Å². The predicted molar refractivity (Wildman–Crippen MR) is 502 cm³/mol. The quantitative estimate of drug-likeness (QED) is 0.133. The summed E-state index contributed by atoms with van der Waals surface area (Å²) < 4.78 is 0. The average Bonchev–Trinajstić information content (AvgIpc) is 0.707. The Morgan fingerprint density at radius 2 is 0.308 bits per heavy atom. The van der Waals surface area contributed by atoms with Crippen LogP contribution in [0.15, 0.2) is 309 Å². The summed E-state index contributed by atoms with van der Waals surface area (Å²) in [6, 6.07) is 121. The zero-order valence-corrected chi connectivity index (χ0v) is 68.4. The lowest BCUT2D eigenvalue weighted by Gasteiger charge is -2.44. The number of anilines is 18. The number of hydrogen-bond donors (Lipinski definition) is 0. The molecule has 6 nitrogen and oxygen atoms in total. The van der Waals surface area contributed by atoms with Crippen molar-refractivity contribution in [2.75, 3.05) is 29.4 Å². The lowest BCUT2D eigenvalue weighted by molar-refractivity contribution is 1.23. The summed E-state index contributed by atoms with van der Waals surface area (Å²) in [7, 11) is 0. The summed E-state index contributed by atoms with van der Waals surface area (Å²) in [4.78, 5) is 15.3. The van der Waals surface area contributed by atoms with E-state index in [2.05, 4.69) is 422 Å². The first kappa shape index (κ1) is 70.2. The van der Waals surface area contributed by atoms with Crippen LogP contribution in [-0.2, 0) is 0 Å². The van der Waals surface area contributed by atoms with Gasteiger partial charge in [-0.25, -0.2) is 0 Å². The SMILES string of the molecule is Cc1ccc(N2c3ccc(C)cc3B3c4cc(-c5cc(-c6ccc7c(c6)B6c8cc(C)ccc8N(c8ccc(C)cc8)c8cc(C)cc(c86)N7c6ccc(C)cc6)cc(-c6ccc7c(c6)B6c8cc(C)ccc8N(c8ccc(C)cc8)c8cc(C)cc(c86)N7c6ccc(C)cc6)c5)ccc4N(c4ccc(C)cc4)c4cc(C)cc2c43)cc1. The lowest BCUT2D eigenvalue weighted by atomic mass is 9.33. The molecule has 0 radical (unpaired) electrons. The fourth-order valence-corrected chi connectivity index (χ4v) is 20.3. The van der Waals surface area contributed by atoms with Crippen LogP contribution in [0.25, 0.3) is 33.4 Å². The van der Waals surface area contributed by atoms with Crippen LogP contribution in [-0.4, -0.2) is 20.1 Å². The summed E-state index contributed by atoms with van der Waals surface area (Å²) in [6.07, 6.45) is 0. The van der Waals surface area contributed by atoms with Gasteiger partial charge in [0.1, 0.15) is 0 Å². The minimum absolute atomic E-state index is 0.0956. The van der Waals surface area contributed by atoms with Gasteiger partial charge in [-0.15, -0.1) is 0 Å². The Bertz CT molecular complexity index is 6150. The molecule has 9 heteroatoms. The molecule has 0 fully saturated rings. The van der Waals surface area contributed by atoms with Gasteiger partial charge in [0, 0.05) is 102 Å². The van der Waals surface area contributed by atoms with Gasteiger partial charge < -0.3 is 29.4 Å². The molecule has 6 aliphatic heterocycles. The molecule has 117 heavy (non-hydrogen) atoms. The Labute approximate surface area is 689 Å². The third kappa shape index (κ3) is 11.2. The molecule has 16 aromatic carbocycles. The monoisotopic (exact) mass is 1500 g/mol. The molecule has 0 unspecified atom stereocenters. The maximum atomic E-state index is 2.58. The molecule has 0 N–H and O–H groups in total. The summed E-state index contributed by atoms with van der Waals surface area (Å²) >= 11 is 0. The van der Waals surface area contributed by atoms with Gasteiger partial charge >= 0.3 is 0 Å². The first-order chi connectivity index (χ1) is 56.9. The summed E-state index contributed by atoms with van der Waals surface area (Å²) in [5.41, 5.74) is 54.6. The van der Waals surface area contributed by atoms with E-state index >= 15 is 0 Å². The second-order valence-corrected chi connectivity index (χ2v) is 34.3. The lowest BCUT2D eigenvalue weighted by Crippen LogP contribution is -2.61. The van der Waals surface area contributed by atoms with E-state index in [1.807, 2.05) is 0 Å². The van der Waals surface area contributed by atoms with E-state index < -0.39 is 0 Å². The van der Waals surface area contributed by atoms with Crippen LogP contribution in [0.5, 0.6) is 0 Å². The molecule has 0 saturated heterocycles. The van der Waals surface area contributed by atoms with Gasteiger partial charge in [0.2, 0.25) is 0 Å². The first-order valence-corrected chi connectivity index (χ1v) is 41.4. The maximum absolute atomic E-state index is 2.58. The van der Waals surface area contributed by atoms with Crippen molar-refractivity contribution in [3.05, 3.63) is 376 Å². The van der Waals surface area contributed by atoms with Crippen LogP contribution in [0.3, 0.4) is 0 Å². The standard InChI is InChI=1S/C108H87B3N6/c1-64-13-31-82(32-14-64)112-94-43-25-70(7)49-88(94)109-91-61-76(28-46-97(91)115(85-37-19-67(4)20-38-85)103-55-73(10)52-100(112)106(103)109)79-58-80(77-29-47-98-92(62-77)110-89-50-71(8)26-44-95(89)113(83-33-15-65(2)16-34-83)101-53-74(11)56-104(107(101)110)116(98)86-39-21-68(5)22-40-86)60-81(59-79)78-30-48-99-93(63-78)111-90-51-72(9)27-45-96(90)114(84-35-17-66(3)18-36-84)102-54-75(12)57-105(108(102)111)117(99)87-41-23-69(6)24-42-87/h13-63H,1-12H3. The van der Waals surface area contributed by atoms with Gasteiger partial charge in [-0.3, -0.25) is 0 Å². The van der Waals surface area contributed by atoms with Gasteiger partial charge in [0.15, 0.2) is 0 Å². The highest BCUT2D eigenvalue weighted by molar-refractivity contribution is 7.02. The van der Waals surface area contributed by atoms with Crippen LogP contribution < -0.4 is 78.6 Å². The third-order valence-corrected chi connectivity index (χ3v) is 25.8. The highest BCUT2D eigenvalue weighted by atomic mass is 15.2. The van der Waals surface area contributed by atoms with Gasteiger partial charge in [-0.2, -0.15) is 0 Å². The highest BCUT2D eigenvalue weighted by Gasteiger charge is 2.48. The third-order valence-electron chi connectivity index (χ3n) is 25.8. The van der Waals surface area contributed by atoms with Crippen LogP contribution in [0.2, 0.25) is 0 Å². The van der Waals surface area contributed by atoms with Crippen molar-refractivity contribution < 1.29 is 0 Å². The summed E-state index contributed by atoms with van der Waals surface area (Å²) in [5, 5.41) is 0. The molecular formula is C108H87B3N6. The Kier molecular flexibility index (Phi) is 15.9. The van der Waals surface area contributed by atoms with E-state index in [4.69, 9.17) is 0 Å². The number of aryl methyl sites for hydroxylation is 12. The van der Waals surface area contributed by atoms with Crippen molar-refractivity contribution in [1.82, 2.24) is 0 Å². The molecule has 558 valence electrons. The molecule has 0 saturated carbocycles. The van der Waals surface area contributed by atoms with Crippen LogP contribution in [0.1, 0.15) is 66.8 Å². The van der Waals surface area contributed by atoms with Crippen molar-refractivity contribution >= 4 is 172 Å². The van der Waals surface area contributed by atoms with Gasteiger partial charge in [-0.1, -0.05) is 196 Å². The molecule has 0 bridgehead atoms.